The lowest BCUT2D eigenvalue weighted by Crippen LogP contribution is -2.33. The number of aliphatic hydroxyl groups excluding tert-OH is 1. The molecule has 1 heterocycles. The van der Waals surface area contributed by atoms with Gasteiger partial charge in [-0.2, -0.15) is 18.3 Å². The molecule has 0 spiro atoms. The Morgan fingerprint density at radius 2 is 2.25 bits per heavy atom. The molecule has 20 heavy (non-hydrogen) atoms. The topological polar surface area (TPSA) is 76.4 Å². The molecule has 114 valence electrons. The fraction of sp³-hybridized carbons (Fsp3) is 0.600. The Morgan fingerprint density at radius 1 is 1.60 bits per heavy atom. The molecule has 0 saturated carbocycles. The molecule has 2 N–H and O–H groups in total. The first kappa shape index (κ1) is 16.9. The summed E-state index contributed by atoms with van der Waals surface area (Å²) in [6.07, 6.45) is -3.45. The van der Waals surface area contributed by atoms with E-state index in [0.29, 0.717) is 4.68 Å². The van der Waals surface area contributed by atoms with Gasteiger partial charge in [-0.15, -0.1) is 0 Å². The third-order valence-corrected chi connectivity index (χ3v) is 3.03. The molecular formula is C10H13BrF3N3O3. The van der Waals surface area contributed by atoms with Crippen LogP contribution in [0.5, 0.6) is 0 Å². The quantitative estimate of drug-likeness (QED) is 0.791. The summed E-state index contributed by atoms with van der Waals surface area (Å²) in [5.74, 6) is 0. The molecule has 1 unspecified atom stereocenters. The van der Waals surface area contributed by atoms with E-state index in [-0.39, 0.29) is 23.4 Å². The minimum absolute atomic E-state index is 0.0914. The molecule has 0 amide bonds. The predicted molar refractivity (Wildman–Crippen MR) is 68.6 cm³/mol. The maximum Gasteiger partial charge on any atom is 0.408 e. The van der Waals surface area contributed by atoms with Crippen LogP contribution in [-0.4, -0.2) is 47.4 Å². The third-order valence-electron chi connectivity index (χ3n) is 2.26. The molecule has 0 aromatic carbocycles. The van der Waals surface area contributed by atoms with Crippen molar-refractivity contribution in [3.63, 3.8) is 0 Å². The van der Waals surface area contributed by atoms with E-state index in [9.17, 15) is 18.0 Å². The number of anilines is 1. The number of alkyl halides is 3. The first-order chi connectivity index (χ1) is 9.28. The van der Waals surface area contributed by atoms with E-state index in [1.54, 1.807) is 0 Å². The summed E-state index contributed by atoms with van der Waals surface area (Å²) in [6, 6.07) is -0.504. The van der Waals surface area contributed by atoms with E-state index in [1.165, 1.54) is 7.11 Å². The van der Waals surface area contributed by atoms with Gasteiger partial charge < -0.3 is 15.2 Å². The van der Waals surface area contributed by atoms with Crippen LogP contribution in [0.2, 0.25) is 0 Å². The Hall–Kier alpha value is -1.13. The van der Waals surface area contributed by atoms with Gasteiger partial charge in [0.25, 0.3) is 5.56 Å². The minimum Gasteiger partial charge on any atom is -0.394 e. The number of methoxy groups -OCH3 is 1. The van der Waals surface area contributed by atoms with Crippen molar-refractivity contribution >= 4 is 21.6 Å². The zero-order chi connectivity index (χ0) is 15.3. The van der Waals surface area contributed by atoms with Gasteiger partial charge >= 0.3 is 6.18 Å². The second kappa shape index (κ2) is 7.04. The average Bonchev–Trinajstić information content (AvgIpc) is 2.36. The van der Waals surface area contributed by atoms with Crippen LogP contribution >= 0.6 is 15.9 Å². The summed E-state index contributed by atoms with van der Waals surface area (Å²) in [6.45, 7) is -1.58. The number of hydrogen-bond acceptors (Lipinski definition) is 5. The van der Waals surface area contributed by atoms with Gasteiger partial charge in [0.15, 0.2) is 0 Å². The Bertz CT molecular complexity index is 507. The zero-order valence-electron chi connectivity index (χ0n) is 10.4. The van der Waals surface area contributed by atoms with Crippen molar-refractivity contribution in [3.8, 4) is 0 Å². The average molecular weight is 360 g/mol. The number of hydrogen-bond donors (Lipinski definition) is 2. The van der Waals surface area contributed by atoms with Crippen LogP contribution in [0, 0.1) is 0 Å². The Balaban J connectivity index is 2.97. The number of aromatic nitrogens is 2. The molecule has 0 aliphatic carbocycles. The van der Waals surface area contributed by atoms with Gasteiger partial charge in [-0.05, 0) is 15.9 Å². The highest BCUT2D eigenvalue weighted by atomic mass is 79.9. The highest BCUT2D eigenvalue weighted by molar-refractivity contribution is 9.10. The second-order valence-corrected chi connectivity index (χ2v) is 4.72. The number of nitrogens with zero attached hydrogens (tertiary/aromatic N) is 2. The summed E-state index contributed by atoms with van der Waals surface area (Å²) in [5.41, 5.74) is -0.731. The van der Waals surface area contributed by atoms with E-state index < -0.39 is 24.3 Å². The fourth-order valence-corrected chi connectivity index (χ4v) is 1.83. The lowest BCUT2D eigenvalue weighted by molar-refractivity contribution is -0.143. The molecule has 1 rings (SSSR count). The fourth-order valence-electron chi connectivity index (χ4n) is 1.41. The lowest BCUT2D eigenvalue weighted by atomic mass is 10.3. The molecule has 0 radical (unpaired) electrons. The second-order valence-electron chi connectivity index (χ2n) is 3.93. The van der Waals surface area contributed by atoms with E-state index in [4.69, 9.17) is 9.84 Å². The molecule has 1 atom stereocenters. The van der Waals surface area contributed by atoms with Crippen molar-refractivity contribution in [2.45, 2.75) is 18.8 Å². The van der Waals surface area contributed by atoms with Gasteiger partial charge in [0.2, 0.25) is 0 Å². The van der Waals surface area contributed by atoms with E-state index in [2.05, 4.69) is 26.3 Å². The normalized spacial score (nSPS) is 13.3. The van der Waals surface area contributed by atoms with Crippen LogP contribution in [-0.2, 0) is 11.3 Å². The highest BCUT2D eigenvalue weighted by Gasteiger charge is 2.29. The van der Waals surface area contributed by atoms with Crippen molar-refractivity contribution < 1.29 is 23.0 Å². The molecule has 0 aliphatic rings. The van der Waals surface area contributed by atoms with Gasteiger partial charge in [-0.3, -0.25) is 4.79 Å². The van der Waals surface area contributed by atoms with Gasteiger partial charge in [-0.1, -0.05) is 0 Å². The third kappa shape index (κ3) is 4.76. The summed E-state index contributed by atoms with van der Waals surface area (Å²) in [4.78, 5) is 11.7. The first-order valence-corrected chi connectivity index (χ1v) is 6.26. The van der Waals surface area contributed by atoms with E-state index in [1.807, 2.05) is 0 Å². The Morgan fingerprint density at radius 3 is 2.75 bits per heavy atom. The molecule has 0 bridgehead atoms. The molecular weight excluding hydrogens is 347 g/mol. The molecule has 1 aromatic heterocycles. The van der Waals surface area contributed by atoms with Crippen LogP contribution in [0.25, 0.3) is 0 Å². The summed E-state index contributed by atoms with van der Waals surface area (Å²) in [5, 5.41) is 15.3. The van der Waals surface area contributed by atoms with Crippen molar-refractivity contribution in [1.29, 1.82) is 0 Å². The maximum absolute atomic E-state index is 12.2. The number of aliphatic hydroxyl groups is 1. The summed E-state index contributed by atoms with van der Waals surface area (Å²) < 4.78 is 41.8. The molecule has 1 aromatic rings. The zero-order valence-corrected chi connectivity index (χ0v) is 12.0. The number of nitrogens with one attached hydrogen (secondary N) is 1. The number of rotatable bonds is 6. The summed E-state index contributed by atoms with van der Waals surface area (Å²) in [7, 11) is 1.43. The molecule has 6 nitrogen and oxygen atoms in total. The van der Waals surface area contributed by atoms with Crippen LogP contribution in [0.4, 0.5) is 18.9 Å². The largest absolute Gasteiger partial charge is 0.408 e. The van der Waals surface area contributed by atoms with Gasteiger partial charge in [0.05, 0.1) is 31.1 Å². The summed E-state index contributed by atoms with van der Waals surface area (Å²) >= 11 is 2.92. The molecule has 0 aliphatic heterocycles. The lowest BCUT2D eigenvalue weighted by Gasteiger charge is -2.17. The monoisotopic (exact) mass is 359 g/mol. The standard InChI is InChI=1S/C10H13BrF3N3O3/c1-20-4-6(3-18)16-7-2-15-17(5-10(12,13)14)9(19)8(7)11/h2,6,16,18H,3-5H2,1H3. The van der Waals surface area contributed by atoms with Gasteiger partial charge in [0, 0.05) is 7.11 Å². The Labute approximate surface area is 120 Å². The minimum atomic E-state index is -4.53. The van der Waals surface area contributed by atoms with Crippen LogP contribution in [0.15, 0.2) is 15.5 Å². The number of halogens is 4. The van der Waals surface area contributed by atoms with E-state index >= 15 is 0 Å². The van der Waals surface area contributed by atoms with Crippen molar-refractivity contribution in [1.82, 2.24) is 9.78 Å². The molecule has 0 fully saturated rings. The molecule has 0 saturated heterocycles. The van der Waals surface area contributed by atoms with Crippen LogP contribution in [0.1, 0.15) is 0 Å². The van der Waals surface area contributed by atoms with Crippen LogP contribution < -0.4 is 10.9 Å². The smallest absolute Gasteiger partial charge is 0.394 e. The molecule has 10 heteroatoms. The first-order valence-electron chi connectivity index (χ1n) is 5.47. The van der Waals surface area contributed by atoms with Crippen LogP contribution in [0.3, 0.4) is 0 Å². The SMILES string of the molecule is COCC(CO)Nc1cnn(CC(F)(F)F)c(=O)c1Br. The predicted octanol–water partition coefficient (Wildman–Crippen LogP) is 0.987. The van der Waals surface area contributed by atoms with E-state index in [0.717, 1.165) is 6.20 Å². The van der Waals surface area contributed by atoms with Crippen molar-refractivity contribution in [2.75, 3.05) is 25.6 Å². The van der Waals surface area contributed by atoms with Gasteiger partial charge in [0.1, 0.15) is 11.0 Å². The highest BCUT2D eigenvalue weighted by Crippen LogP contribution is 2.20. The van der Waals surface area contributed by atoms with Crippen molar-refractivity contribution in [3.05, 3.63) is 21.0 Å². The van der Waals surface area contributed by atoms with Gasteiger partial charge in [-0.25, -0.2) is 4.68 Å². The van der Waals surface area contributed by atoms with Crippen molar-refractivity contribution in [2.24, 2.45) is 0 Å². The Kier molecular flexibility index (Phi) is 5.96. The maximum atomic E-state index is 12.2. The number of ether oxygens (including phenoxy) is 1.